The summed E-state index contributed by atoms with van der Waals surface area (Å²) in [5.74, 6) is -0.200. The highest BCUT2D eigenvalue weighted by Gasteiger charge is 2.25. The second-order valence-corrected chi connectivity index (χ2v) is 8.56. The molecule has 5 nitrogen and oxygen atoms in total. The zero-order chi connectivity index (χ0) is 20.2. The molecule has 0 saturated carbocycles. The molecule has 0 aliphatic carbocycles. The van der Waals surface area contributed by atoms with Crippen molar-refractivity contribution in [2.45, 2.75) is 39.1 Å². The molecule has 0 fully saturated rings. The lowest BCUT2D eigenvalue weighted by Gasteiger charge is -2.22. The Bertz CT molecular complexity index is 919. The second kappa shape index (κ2) is 8.67. The van der Waals surface area contributed by atoms with Gasteiger partial charge in [-0.05, 0) is 42.7 Å². The third-order valence-electron chi connectivity index (χ3n) is 4.77. The van der Waals surface area contributed by atoms with E-state index in [0.29, 0.717) is 30.8 Å². The molecule has 0 aromatic heterocycles. The van der Waals surface area contributed by atoms with E-state index in [1.807, 2.05) is 31.2 Å². The standard InChI is InChI=1S/C21H28N2O3S/c1-6-23(7-2)27(25,26)20-14-18(13-12-17(20)4)21(24)22(5)15-19-11-9-8-10-16(19)3/h8-14H,6-7,15H2,1-5H3. The van der Waals surface area contributed by atoms with Crippen LogP contribution < -0.4 is 0 Å². The van der Waals surface area contributed by atoms with Crippen LogP contribution >= 0.6 is 0 Å². The lowest BCUT2D eigenvalue weighted by molar-refractivity contribution is 0.0784. The number of rotatable bonds is 7. The lowest BCUT2D eigenvalue weighted by atomic mass is 10.1. The number of benzene rings is 2. The molecule has 2 rings (SSSR count). The first kappa shape index (κ1) is 21.1. The predicted molar refractivity (Wildman–Crippen MR) is 108 cm³/mol. The molecule has 0 bridgehead atoms. The molecule has 0 heterocycles. The molecular weight excluding hydrogens is 360 g/mol. The molecule has 0 radical (unpaired) electrons. The maximum absolute atomic E-state index is 12.9. The van der Waals surface area contributed by atoms with Crippen LogP contribution in [0.1, 0.15) is 40.9 Å². The van der Waals surface area contributed by atoms with Crippen LogP contribution in [0.4, 0.5) is 0 Å². The largest absolute Gasteiger partial charge is 0.337 e. The summed E-state index contributed by atoms with van der Waals surface area (Å²) in [7, 11) is -1.89. The van der Waals surface area contributed by atoms with E-state index in [4.69, 9.17) is 0 Å². The maximum atomic E-state index is 12.9. The Morgan fingerprint density at radius 1 is 0.963 bits per heavy atom. The van der Waals surface area contributed by atoms with E-state index in [2.05, 4.69) is 0 Å². The molecular formula is C21H28N2O3S. The molecule has 27 heavy (non-hydrogen) atoms. The van der Waals surface area contributed by atoms with E-state index in [1.54, 1.807) is 44.9 Å². The van der Waals surface area contributed by atoms with E-state index in [1.165, 1.54) is 10.4 Å². The molecule has 6 heteroatoms. The summed E-state index contributed by atoms with van der Waals surface area (Å²) in [4.78, 5) is 14.7. The number of carbonyl (C=O) groups excluding carboxylic acids is 1. The Morgan fingerprint density at radius 3 is 2.19 bits per heavy atom. The van der Waals surface area contributed by atoms with E-state index in [0.717, 1.165) is 11.1 Å². The van der Waals surface area contributed by atoms with Gasteiger partial charge in [0.1, 0.15) is 0 Å². The van der Waals surface area contributed by atoms with Crippen LogP contribution in [0.3, 0.4) is 0 Å². The van der Waals surface area contributed by atoms with Crippen LogP contribution in [0.25, 0.3) is 0 Å². The van der Waals surface area contributed by atoms with Crippen LogP contribution in [0.2, 0.25) is 0 Å². The van der Waals surface area contributed by atoms with Crippen molar-refractivity contribution in [1.29, 1.82) is 0 Å². The molecule has 0 unspecified atom stereocenters. The van der Waals surface area contributed by atoms with Crippen molar-refractivity contribution in [2.24, 2.45) is 0 Å². The van der Waals surface area contributed by atoms with E-state index in [9.17, 15) is 13.2 Å². The fraction of sp³-hybridized carbons (Fsp3) is 0.381. The highest BCUT2D eigenvalue weighted by molar-refractivity contribution is 7.89. The Balaban J connectivity index is 2.34. The SMILES string of the molecule is CCN(CC)S(=O)(=O)c1cc(C(=O)N(C)Cc2ccccc2C)ccc1C. The quantitative estimate of drug-likeness (QED) is 0.728. The minimum absolute atomic E-state index is 0.196. The maximum Gasteiger partial charge on any atom is 0.253 e. The normalized spacial score (nSPS) is 11.6. The molecule has 0 N–H and O–H groups in total. The van der Waals surface area contributed by atoms with Gasteiger partial charge in [-0.15, -0.1) is 0 Å². The summed E-state index contributed by atoms with van der Waals surface area (Å²) in [6.07, 6.45) is 0. The number of hydrogen-bond acceptors (Lipinski definition) is 3. The van der Waals surface area contributed by atoms with Gasteiger partial charge in [0.05, 0.1) is 4.90 Å². The van der Waals surface area contributed by atoms with Gasteiger partial charge >= 0.3 is 0 Å². The highest BCUT2D eigenvalue weighted by atomic mass is 32.2. The first-order chi connectivity index (χ1) is 12.7. The fourth-order valence-electron chi connectivity index (χ4n) is 3.05. The number of hydrogen-bond donors (Lipinski definition) is 0. The van der Waals surface area contributed by atoms with Crippen LogP contribution in [0, 0.1) is 13.8 Å². The minimum atomic E-state index is -3.62. The van der Waals surface area contributed by atoms with Gasteiger partial charge in [0.25, 0.3) is 5.91 Å². The Morgan fingerprint density at radius 2 is 1.59 bits per heavy atom. The minimum Gasteiger partial charge on any atom is -0.337 e. The van der Waals surface area contributed by atoms with Gasteiger partial charge in [-0.2, -0.15) is 4.31 Å². The molecule has 0 aliphatic rings. The third kappa shape index (κ3) is 4.57. The zero-order valence-corrected chi connectivity index (χ0v) is 17.5. The van der Waals surface area contributed by atoms with Gasteiger partial charge in [0.2, 0.25) is 10.0 Å². The Hall–Kier alpha value is -2.18. The Kier molecular flexibility index (Phi) is 6.78. The predicted octanol–water partition coefficient (Wildman–Crippen LogP) is 3.61. The molecule has 0 saturated heterocycles. The summed E-state index contributed by atoms with van der Waals surface area (Å²) >= 11 is 0. The third-order valence-corrected chi connectivity index (χ3v) is 6.97. The summed E-state index contributed by atoms with van der Waals surface area (Å²) in [5, 5.41) is 0. The van der Waals surface area contributed by atoms with Crippen molar-refractivity contribution in [2.75, 3.05) is 20.1 Å². The van der Waals surface area contributed by atoms with Crippen molar-refractivity contribution in [3.8, 4) is 0 Å². The van der Waals surface area contributed by atoms with Crippen molar-refractivity contribution in [3.05, 3.63) is 64.7 Å². The van der Waals surface area contributed by atoms with Crippen LogP contribution in [-0.2, 0) is 16.6 Å². The van der Waals surface area contributed by atoms with Crippen LogP contribution in [0.5, 0.6) is 0 Å². The van der Waals surface area contributed by atoms with Gasteiger partial charge in [-0.25, -0.2) is 8.42 Å². The second-order valence-electron chi connectivity index (χ2n) is 6.66. The molecule has 1 amide bonds. The van der Waals surface area contributed by atoms with Gasteiger partial charge < -0.3 is 4.90 Å². The molecule has 0 aliphatic heterocycles. The molecule has 2 aromatic carbocycles. The average Bonchev–Trinajstić information content (AvgIpc) is 2.64. The number of nitrogens with zero attached hydrogens (tertiary/aromatic N) is 2. The van der Waals surface area contributed by atoms with Crippen LogP contribution in [-0.4, -0.2) is 43.7 Å². The summed E-state index contributed by atoms with van der Waals surface area (Å²) in [5.41, 5.74) is 3.20. The van der Waals surface area contributed by atoms with Crippen molar-refractivity contribution in [3.63, 3.8) is 0 Å². The first-order valence-electron chi connectivity index (χ1n) is 9.13. The molecule has 0 atom stereocenters. The van der Waals surface area contributed by atoms with Gasteiger partial charge in [0.15, 0.2) is 0 Å². The Labute approximate surface area is 162 Å². The van der Waals surface area contributed by atoms with Gasteiger partial charge in [0, 0.05) is 32.2 Å². The van der Waals surface area contributed by atoms with Crippen molar-refractivity contribution >= 4 is 15.9 Å². The smallest absolute Gasteiger partial charge is 0.253 e. The topological polar surface area (TPSA) is 57.7 Å². The number of amides is 1. The highest BCUT2D eigenvalue weighted by Crippen LogP contribution is 2.22. The summed E-state index contributed by atoms with van der Waals surface area (Å²) < 4.78 is 27.2. The van der Waals surface area contributed by atoms with Gasteiger partial charge in [-0.1, -0.05) is 44.2 Å². The molecule has 146 valence electrons. The monoisotopic (exact) mass is 388 g/mol. The lowest BCUT2D eigenvalue weighted by Crippen LogP contribution is -2.31. The number of carbonyl (C=O) groups is 1. The first-order valence-corrected chi connectivity index (χ1v) is 10.6. The van der Waals surface area contributed by atoms with Crippen molar-refractivity contribution < 1.29 is 13.2 Å². The fourth-order valence-corrected chi connectivity index (χ4v) is 4.76. The molecule has 0 spiro atoms. The van der Waals surface area contributed by atoms with Gasteiger partial charge in [-0.3, -0.25) is 4.79 Å². The van der Waals surface area contributed by atoms with Crippen LogP contribution in [0.15, 0.2) is 47.4 Å². The summed E-state index contributed by atoms with van der Waals surface area (Å²) in [6, 6.07) is 12.8. The summed E-state index contributed by atoms with van der Waals surface area (Å²) in [6.45, 7) is 8.63. The number of sulfonamides is 1. The number of aryl methyl sites for hydroxylation is 2. The molecule has 2 aromatic rings. The van der Waals surface area contributed by atoms with Crippen molar-refractivity contribution in [1.82, 2.24) is 9.21 Å². The average molecular weight is 389 g/mol. The zero-order valence-electron chi connectivity index (χ0n) is 16.7. The van der Waals surface area contributed by atoms with E-state index < -0.39 is 10.0 Å². The van der Waals surface area contributed by atoms with E-state index >= 15 is 0 Å². The van der Waals surface area contributed by atoms with E-state index in [-0.39, 0.29) is 10.8 Å².